The Morgan fingerprint density at radius 2 is 0.577 bits per heavy atom. The van der Waals surface area contributed by atoms with E-state index in [-0.39, 0.29) is 0 Å². The highest BCUT2D eigenvalue weighted by molar-refractivity contribution is 5.00. The minimum atomic E-state index is -2.19. The van der Waals surface area contributed by atoms with Crippen molar-refractivity contribution in [1.82, 2.24) is 0 Å². The van der Waals surface area contributed by atoms with Crippen LogP contribution in [0.15, 0.2) is 0 Å². The SMILES string of the molecule is CC1C(O)[C@H](O)[C@H](CO)O[C@H]1O[C@@H]1C(O)[C@H](O)C(CO)O[C@@H]1OCC1O[C@@H](O[C@@H]2C(CO)O[C@@H](O[C@@H]3C(CO)O[C@@H](C)C(C)C3O)[C@@H](C)C2O)[C@H](O)C(O[C@H]2O[C@H](CO)[C@@H](O)C(O)C2O[C@@H]2OC(CO)[C@@H](O)C(O)[C@@H]2C)[C@@H]1O. The maximum Gasteiger partial charge on any atom is 0.187 e. The van der Waals surface area contributed by atoms with Crippen LogP contribution in [0.2, 0.25) is 0 Å². The molecule has 78 heavy (non-hydrogen) atoms. The van der Waals surface area contributed by atoms with Gasteiger partial charge in [0.1, 0.15) is 122 Å². The third-order valence-corrected chi connectivity index (χ3v) is 16.3. The van der Waals surface area contributed by atoms with Crippen LogP contribution in [0.4, 0.5) is 0 Å². The lowest BCUT2D eigenvalue weighted by atomic mass is 9.88. The van der Waals surface area contributed by atoms with Gasteiger partial charge in [-0.1, -0.05) is 27.7 Å². The van der Waals surface area contributed by atoms with Crippen molar-refractivity contribution in [2.45, 2.75) is 225 Å². The summed E-state index contributed by atoms with van der Waals surface area (Å²) < 4.78 is 77.7. The normalized spacial score (nSPS) is 53.5. The average molecular weight is 1140 g/mol. The van der Waals surface area contributed by atoms with Crippen LogP contribution in [0.1, 0.15) is 34.6 Å². The highest BCUT2D eigenvalue weighted by Gasteiger charge is 2.58. The third-order valence-electron chi connectivity index (χ3n) is 16.3. The van der Waals surface area contributed by atoms with Crippen molar-refractivity contribution in [3.05, 3.63) is 0 Å². The second-order valence-electron chi connectivity index (χ2n) is 21.4. The van der Waals surface area contributed by atoms with E-state index in [1.165, 1.54) is 20.8 Å². The number of aliphatic hydroxyl groups is 18. The van der Waals surface area contributed by atoms with Gasteiger partial charge in [0.15, 0.2) is 37.7 Å². The van der Waals surface area contributed by atoms with Gasteiger partial charge in [-0.15, -0.1) is 0 Å². The standard InChI is InChI=1S/C47H82O31/c1-13-17(5)67-22(10-52)37(27(13)56)74-44-16(4)28(57)38(23(11-53)72-44)75-45-36(65)39(76-47-41(35(64)32(61)21(9-51)71-47)78-43-15(3)26(55)30(59)19(7-49)69-43)33(62)24(73-45)12-66-46-40(34(63)31(60)20(8-50)70-46)77-42-14(2)25(54)29(58)18(6-48)68-42/h13-65H,6-12H2,1-5H3/t13?,14?,15-,16-,17-,18-,19?,20?,21+,22?,23?,24?,25?,26?,27?,28?,29+,30+,31+,32+,33+,34?,35?,36+,37+,38+,39?,40+,41?,42-,43-,44-,45-,46-,47+/m0/s1. The molecule has 0 radical (unpaired) electrons. The van der Waals surface area contributed by atoms with Gasteiger partial charge < -0.3 is 153 Å². The molecule has 31 heteroatoms. The third kappa shape index (κ3) is 13.2. The van der Waals surface area contributed by atoms with Gasteiger partial charge >= 0.3 is 0 Å². The summed E-state index contributed by atoms with van der Waals surface area (Å²) in [5, 5.41) is 195. The molecular formula is C47H82O31. The fourth-order valence-corrected chi connectivity index (χ4v) is 10.8. The van der Waals surface area contributed by atoms with Gasteiger partial charge in [0.2, 0.25) is 0 Å². The van der Waals surface area contributed by atoms with E-state index in [1.807, 2.05) is 0 Å². The fourth-order valence-electron chi connectivity index (χ4n) is 10.8. The topological polar surface area (TPSA) is 484 Å². The molecule has 7 aliphatic rings. The molecule has 0 spiro atoms. The zero-order chi connectivity index (χ0) is 57.3. The Bertz CT molecular complexity index is 1810. The summed E-state index contributed by atoms with van der Waals surface area (Å²) in [6.45, 7) is 1.95. The highest BCUT2D eigenvalue weighted by Crippen LogP contribution is 2.39. The maximum absolute atomic E-state index is 12.2. The van der Waals surface area contributed by atoms with Gasteiger partial charge in [-0.3, -0.25) is 0 Å². The summed E-state index contributed by atoms with van der Waals surface area (Å²) >= 11 is 0. The van der Waals surface area contributed by atoms with E-state index in [2.05, 4.69) is 0 Å². The van der Waals surface area contributed by atoms with E-state index in [0.29, 0.717) is 0 Å². The summed E-state index contributed by atoms with van der Waals surface area (Å²) in [4.78, 5) is 0. The molecule has 7 fully saturated rings. The average Bonchev–Trinajstić information content (AvgIpc) is 3.47. The van der Waals surface area contributed by atoms with E-state index in [1.54, 1.807) is 13.8 Å². The second kappa shape index (κ2) is 27.6. The molecular weight excluding hydrogens is 1060 g/mol. The zero-order valence-corrected chi connectivity index (χ0v) is 43.5. The summed E-state index contributed by atoms with van der Waals surface area (Å²) in [6, 6.07) is 0. The zero-order valence-electron chi connectivity index (χ0n) is 43.5. The Morgan fingerprint density at radius 1 is 0.256 bits per heavy atom. The van der Waals surface area contributed by atoms with Gasteiger partial charge in [-0.25, -0.2) is 0 Å². The van der Waals surface area contributed by atoms with Crippen LogP contribution < -0.4 is 0 Å². The first-order chi connectivity index (χ1) is 37.0. The molecule has 7 saturated heterocycles. The van der Waals surface area contributed by atoms with E-state index < -0.39 is 260 Å². The van der Waals surface area contributed by atoms with Crippen molar-refractivity contribution < 1.29 is 153 Å². The molecule has 31 nitrogen and oxygen atoms in total. The number of hydrogen-bond acceptors (Lipinski definition) is 31. The van der Waals surface area contributed by atoms with Gasteiger partial charge in [0, 0.05) is 23.7 Å². The van der Waals surface area contributed by atoms with Crippen molar-refractivity contribution in [2.24, 2.45) is 23.7 Å². The Labute approximate surface area is 447 Å². The molecule has 35 atom stereocenters. The Kier molecular flexibility index (Phi) is 22.8. The smallest absolute Gasteiger partial charge is 0.187 e. The molecule has 15 unspecified atom stereocenters. The van der Waals surface area contributed by atoms with Crippen LogP contribution >= 0.6 is 0 Å². The monoisotopic (exact) mass is 1140 g/mol. The first-order valence-electron chi connectivity index (χ1n) is 26.3. The summed E-state index contributed by atoms with van der Waals surface area (Å²) in [6.07, 6.45) is -50.7. The van der Waals surface area contributed by atoms with E-state index in [0.717, 1.165) is 0 Å². The number of hydrogen-bond donors (Lipinski definition) is 18. The molecule has 0 aromatic carbocycles. The minimum Gasteiger partial charge on any atom is -0.394 e. The van der Waals surface area contributed by atoms with E-state index in [4.69, 9.17) is 61.6 Å². The highest BCUT2D eigenvalue weighted by atomic mass is 16.8. The lowest BCUT2D eigenvalue weighted by Gasteiger charge is -2.50. The van der Waals surface area contributed by atoms with Crippen molar-refractivity contribution >= 4 is 0 Å². The second-order valence-corrected chi connectivity index (χ2v) is 21.4. The Hall–Kier alpha value is -1.24. The summed E-state index contributed by atoms with van der Waals surface area (Å²) in [5.41, 5.74) is 0. The molecule has 0 aliphatic carbocycles. The lowest BCUT2D eigenvalue weighted by Crippen LogP contribution is -2.67. The van der Waals surface area contributed by atoms with Crippen molar-refractivity contribution in [3.8, 4) is 0 Å². The first kappa shape index (κ1) is 64.3. The van der Waals surface area contributed by atoms with E-state index >= 15 is 0 Å². The number of ether oxygens (including phenoxy) is 13. The molecule has 7 rings (SSSR count). The van der Waals surface area contributed by atoms with E-state index in [9.17, 15) is 91.9 Å². The lowest BCUT2D eigenvalue weighted by molar-refractivity contribution is -0.398. The maximum atomic E-state index is 12.2. The Morgan fingerprint density at radius 3 is 1.04 bits per heavy atom. The summed E-state index contributed by atoms with van der Waals surface area (Å²) in [7, 11) is 0. The first-order valence-corrected chi connectivity index (χ1v) is 26.3. The van der Waals surface area contributed by atoms with Crippen molar-refractivity contribution in [2.75, 3.05) is 46.2 Å². The van der Waals surface area contributed by atoms with Crippen LogP contribution in [0.5, 0.6) is 0 Å². The van der Waals surface area contributed by atoms with Crippen molar-refractivity contribution in [3.63, 3.8) is 0 Å². The van der Waals surface area contributed by atoms with Crippen LogP contribution in [0, 0.1) is 23.7 Å². The van der Waals surface area contributed by atoms with Crippen molar-refractivity contribution in [1.29, 1.82) is 0 Å². The minimum absolute atomic E-state index is 0.471. The van der Waals surface area contributed by atoms with Gasteiger partial charge in [0.25, 0.3) is 0 Å². The molecule has 18 N–H and O–H groups in total. The fraction of sp³-hybridized carbons (Fsp3) is 1.00. The molecule has 0 aromatic rings. The van der Waals surface area contributed by atoms with Crippen LogP contribution in [0.3, 0.4) is 0 Å². The largest absolute Gasteiger partial charge is 0.394 e. The van der Waals surface area contributed by atoms with Crippen LogP contribution in [-0.4, -0.2) is 329 Å². The molecule has 0 saturated carbocycles. The molecule has 0 aromatic heterocycles. The predicted octanol–water partition coefficient (Wildman–Crippen LogP) is -10.1. The van der Waals surface area contributed by atoms with Gasteiger partial charge in [0.05, 0.1) is 76.8 Å². The molecule has 456 valence electrons. The number of rotatable bonds is 19. The molecule has 0 bridgehead atoms. The predicted molar refractivity (Wildman–Crippen MR) is 248 cm³/mol. The molecule has 0 amide bonds. The molecule has 7 heterocycles. The number of aliphatic hydroxyl groups excluding tert-OH is 18. The van der Waals surface area contributed by atoms with Gasteiger partial charge in [-0.2, -0.15) is 0 Å². The quantitative estimate of drug-likeness (QED) is 0.0571. The summed E-state index contributed by atoms with van der Waals surface area (Å²) in [5.74, 6) is -3.68. The van der Waals surface area contributed by atoms with Crippen LogP contribution in [-0.2, 0) is 61.6 Å². The van der Waals surface area contributed by atoms with Gasteiger partial charge in [-0.05, 0) is 6.92 Å². The Balaban J connectivity index is 1.18. The van der Waals surface area contributed by atoms with Crippen LogP contribution in [0.25, 0.3) is 0 Å². The molecule has 7 aliphatic heterocycles.